The second-order valence-corrected chi connectivity index (χ2v) is 7.00. The fourth-order valence-electron chi connectivity index (χ4n) is 3.06. The molecule has 0 aromatic carbocycles. The third-order valence-electron chi connectivity index (χ3n) is 4.76. The summed E-state index contributed by atoms with van der Waals surface area (Å²) in [5.41, 5.74) is 0. The first-order chi connectivity index (χ1) is 12.4. The van der Waals surface area contributed by atoms with Crippen molar-refractivity contribution in [3.05, 3.63) is 20.2 Å². The summed E-state index contributed by atoms with van der Waals surface area (Å²) in [6, 6.07) is -1.38. The van der Waals surface area contributed by atoms with Gasteiger partial charge in [0, 0.05) is 35.5 Å². The van der Waals surface area contributed by atoms with Crippen molar-refractivity contribution in [1.82, 2.24) is 0 Å². The average Bonchev–Trinajstić information content (AvgIpc) is 2.60. The summed E-state index contributed by atoms with van der Waals surface area (Å²) < 4.78 is 0. The van der Waals surface area contributed by atoms with Crippen molar-refractivity contribution in [2.45, 2.75) is 109 Å². The number of aldehydes is 1. The van der Waals surface area contributed by atoms with Crippen LogP contribution in [0, 0.1) is 20.2 Å². The minimum absolute atomic E-state index is 0.260. The van der Waals surface area contributed by atoms with E-state index in [2.05, 4.69) is 0 Å². The van der Waals surface area contributed by atoms with E-state index in [1.165, 1.54) is 0 Å². The summed E-state index contributed by atoms with van der Waals surface area (Å²) in [7, 11) is 0. The lowest BCUT2D eigenvalue weighted by Gasteiger charge is -2.12. The van der Waals surface area contributed by atoms with Crippen LogP contribution < -0.4 is 0 Å². The molecule has 0 saturated heterocycles. The van der Waals surface area contributed by atoms with E-state index < -0.39 is 18.2 Å². The van der Waals surface area contributed by atoms with Gasteiger partial charge in [0.1, 0.15) is 12.4 Å². The molecule has 0 spiro atoms. The molecule has 1 N–H and O–H groups in total. The first-order valence-corrected chi connectivity index (χ1v) is 9.82. The molecule has 3 unspecified atom stereocenters. The predicted octanol–water partition coefficient (Wildman–Crippen LogP) is 3.93. The molecule has 0 aliphatic carbocycles. The number of aliphatic hydroxyl groups excluding tert-OH is 1. The van der Waals surface area contributed by atoms with E-state index in [9.17, 15) is 25.0 Å². The van der Waals surface area contributed by atoms with E-state index in [1.54, 1.807) is 0 Å². The lowest BCUT2D eigenvalue weighted by atomic mass is 9.98. The quantitative estimate of drug-likeness (QED) is 0.168. The lowest BCUT2D eigenvalue weighted by Crippen LogP contribution is -2.25. The van der Waals surface area contributed by atoms with Crippen LogP contribution in [0.5, 0.6) is 0 Å². The van der Waals surface area contributed by atoms with Gasteiger partial charge in [0.25, 0.3) is 0 Å². The van der Waals surface area contributed by atoms with Crippen LogP contribution in [0.1, 0.15) is 90.4 Å². The van der Waals surface area contributed by atoms with Crippen molar-refractivity contribution in [1.29, 1.82) is 0 Å². The fourth-order valence-corrected chi connectivity index (χ4v) is 3.06. The maximum Gasteiger partial charge on any atom is 0.213 e. The van der Waals surface area contributed by atoms with E-state index in [1.807, 2.05) is 6.92 Å². The molecule has 26 heavy (non-hydrogen) atoms. The molecule has 0 saturated carbocycles. The zero-order valence-corrected chi connectivity index (χ0v) is 15.9. The molecule has 0 heterocycles. The Morgan fingerprint density at radius 3 is 1.62 bits per heavy atom. The van der Waals surface area contributed by atoms with Gasteiger partial charge in [-0.2, -0.15) is 0 Å². The summed E-state index contributed by atoms with van der Waals surface area (Å²) in [5, 5.41) is 31.4. The largest absolute Gasteiger partial charge is 0.386 e. The summed E-state index contributed by atoms with van der Waals surface area (Å²) in [6.45, 7) is 2.04. The SMILES string of the molecule is CCCCCC(CCC(CCCCCCCC(O)C=O)[N+](=O)[O-])[N+](=O)[O-]. The highest BCUT2D eigenvalue weighted by molar-refractivity contribution is 5.55. The number of unbranched alkanes of at least 4 members (excludes halogenated alkanes) is 6. The van der Waals surface area contributed by atoms with E-state index in [0.717, 1.165) is 51.4 Å². The number of hydrogen-bond donors (Lipinski definition) is 1. The first kappa shape index (κ1) is 24.4. The van der Waals surface area contributed by atoms with Gasteiger partial charge in [0.15, 0.2) is 0 Å². The summed E-state index contributed by atoms with van der Waals surface area (Å²) >= 11 is 0. The Bertz CT molecular complexity index is 405. The molecular weight excluding hydrogens is 340 g/mol. The molecule has 152 valence electrons. The van der Waals surface area contributed by atoms with Crippen LogP contribution >= 0.6 is 0 Å². The molecule has 0 radical (unpaired) electrons. The van der Waals surface area contributed by atoms with Crippen molar-refractivity contribution in [3.63, 3.8) is 0 Å². The predicted molar refractivity (Wildman–Crippen MR) is 99.3 cm³/mol. The Morgan fingerprint density at radius 2 is 1.19 bits per heavy atom. The zero-order chi connectivity index (χ0) is 19.8. The smallest absolute Gasteiger partial charge is 0.213 e. The van der Waals surface area contributed by atoms with E-state index in [-0.39, 0.29) is 22.7 Å². The number of nitrogens with zero attached hydrogens (tertiary/aromatic N) is 2. The highest BCUT2D eigenvalue weighted by Crippen LogP contribution is 2.18. The second-order valence-electron chi connectivity index (χ2n) is 7.00. The monoisotopic (exact) mass is 374 g/mol. The maximum absolute atomic E-state index is 11.2. The first-order valence-electron chi connectivity index (χ1n) is 9.82. The highest BCUT2D eigenvalue weighted by Gasteiger charge is 2.26. The van der Waals surface area contributed by atoms with Crippen molar-refractivity contribution >= 4 is 6.29 Å². The number of carbonyl (C=O) groups excluding carboxylic acids is 1. The van der Waals surface area contributed by atoms with Crippen LogP contribution in [-0.2, 0) is 4.79 Å². The van der Waals surface area contributed by atoms with Crippen LogP contribution in [0.2, 0.25) is 0 Å². The number of rotatable bonds is 18. The summed E-state index contributed by atoms with van der Waals surface area (Å²) in [5.74, 6) is 0. The molecule has 0 aromatic heterocycles. The molecule has 3 atom stereocenters. The van der Waals surface area contributed by atoms with Gasteiger partial charge in [0.05, 0.1) is 0 Å². The number of aliphatic hydroxyl groups is 1. The van der Waals surface area contributed by atoms with Gasteiger partial charge in [0.2, 0.25) is 12.1 Å². The van der Waals surface area contributed by atoms with E-state index >= 15 is 0 Å². The molecule has 0 bridgehead atoms. The molecular formula is C18H34N2O6. The van der Waals surface area contributed by atoms with E-state index in [0.29, 0.717) is 25.5 Å². The van der Waals surface area contributed by atoms with Gasteiger partial charge in [-0.25, -0.2) is 0 Å². The van der Waals surface area contributed by atoms with Crippen LogP contribution in [0.25, 0.3) is 0 Å². The van der Waals surface area contributed by atoms with Gasteiger partial charge < -0.3 is 9.90 Å². The number of carbonyl (C=O) groups is 1. The third-order valence-corrected chi connectivity index (χ3v) is 4.76. The van der Waals surface area contributed by atoms with Crippen LogP contribution in [0.3, 0.4) is 0 Å². The molecule has 0 amide bonds. The average molecular weight is 374 g/mol. The third kappa shape index (κ3) is 12.7. The van der Waals surface area contributed by atoms with Crippen molar-refractivity contribution in [3.8, 4) is 0 Å². The molecule has 0 rings (SSSR count). The molecule has 8 heteroatoms. The van der Waals surface area contributed by atoms with Crippen molar-refractivity contribution in [2.24, 2.45) is 0 Å². The molecule has 8 nitrogen and oxygen atoms in total. The molecule has 0 aliphatic rings. The number of hydrogen-bond acceptors (Lipinski definition) is 6. The Balaban J connectivity index is 4.02. The number of nitro groups is 2. The second kappa shape index (κ2) is 15.7. The minimum Gasteiger partial charge on any atom is -0.386 e. The Hall–Kier alpha value is -1.57. The fraction of sp³-hybridized carbons (Fsp3) is 0.944. The van der Waals surface area contributed by atoms with Gasteiger partial charge in [-0.1, -0.05) is 45.4 Å². The summed E-state index contributed by atoms with van der Waals surface area (Å²) in [6.07, 6.45) is 8.46. The Labute approximate surface area is 155 Å². The lowest BCUT2D eigenvalue weighted by molar-refractivity contribution is -0.539. The van der Waals surface area contributed by atoms with Gasteiger partial charge in [-0.05, 0) is 19.3 Å². The standard InChI is InChI=1S/C18H34N2O6/c1-2-3-7-10-16(19(23)24)13-14-17(20(25)26)11-8-5-4-6-9-12-18(22)15-21/h15-18,22H,2-14H2,1H3. The van der Waals surface area contributed by atoms with Gasteiger partial charge in [-0.3, -0.25) is 20.2 Å². The van der Waals surface area contributed by atoms with Gasteiger partial charge >= 0.3 is 0 Å². The van der Waals surface area contributed by atoms with Crippen molar-refractivity contribution < 1.29 is 19.7 Å². The topological polar surface area (TPSA) is 124 Å². The maximum atomic E-state index is 11.2. The minimum atomic E-state index is -0.888. The highest BCUT2D eigenvalue weighted by atomic mass is 16.6. The zero-order valence-electron chi connectivity index (χ0n) is 15.9. The van der Waals surface area contributed by atoms with Crippen LogP contribution in [-0.4, -0.2) is 39.4 Å². The van der Waals surface area contributed by atoms with E-state index in [4.69, 9.17) is 5.11 Å². The molecule has 0 fully saturated rings. The van der Waals surface area contributed by atoms with Crippen LogP contribution in [0.15, 0.2) is 0 Å². The van der Waals surface area contributed by atoms with Crippen LogP contribution in [0.4, 0.5) is 0 Å². The Kier molecular flexibility index (Phi) is 14.7. The Morgan fingerprint density at radius 1 is 0.769 bits per heavy atom. The summed E-state index contributed by atoms with van der Waals surface area (Å²) in [4.78, 5) is 32.0. The molecule has 0 aliphatic heterocycles. The van der Waals surface area contributed by atoms with Crippen molar-refractivity contribution in [2.75, 3.05) is 0 Å². The normalized spacial score (nSPS) is 14.5. The van der Waals surface area contributed by atoms with Gasteiger partial charge in [-0.15, -0.1) is 0 Å². The molecule has 0 aromatic rings.